The predicted molar refractivity (Wildman–Crippen MR) is 78.2 cm³/mol. The fourth-order valence-corrected chi connectivity index (χ4v) is 2.04. The van der Waals surface area contributed by atoms with Gasteiger partial charge in [-0.1, -0.05) is 12.1 Å². The highest BCUT2D eigenvalue weighted by Gasteiger charge is 2.02. The molecular weight excluding hydrogens is 252 g/mol. The molecule has 0 unspecified atom stereocenters. The van der Waals surface area contributed by atoms with Crippen molar-refractivity contribution in [1.29, 1.82) is 0 Å². The molecule has 5 heteroatoms. The fourth-order valence-electron chi connectivity index (χ4n) is 2.04. The van der Waals surface area contributed by atoms with Crippen molar-refractivity contribution in [3.05, 3.63) is 54.5 Å². The van der Waals surface area contributed by atoms with Gasteiger partial charge in [-0.2, -0.15) is 5.10 Å². The van der Waals surface area contributed by atoms with Gasteiger partial charge in [-0.25, -0.2) is 9.50 Å². The van der Waals surface area contributed by atoms with Gasteiger partial charge in [0.05, 0.1) is 12.7 Å². The molecule has 0 aliphatic rings. The van der Waals surface area contributed by atoms with Crippen LogP contribution in [0.5, 0.6) is 5.75 Å². The van der Waals surface area contributed by atoms with E-state index in [1.54, 1.807) is 16.9 Å². The number of aryl methyl sites for hydroxylation is 1. The lowest BCUT2D eigenvalue weighted by Gasteiger charge is -2.09. The van der Waals surface area contributed by atoms with Crippen LogP contribution >= 0.6 is 0 Å². The molecule has 0 saturated heterocycles. The maximum atomic E-state index is 5.69. The van der Waals surface area contributed by atoms with Crippen LogP contribution in [0.4, 0.5) is 5.82 Å². The lowest BCUT2D eigenvalue weighted by Crippen LogP contribution is -2.13. The summed E-state index contributed by atoms with van der Waals surface area (Å²) < 4.78 is 7.48. The number of benzene rings is 1. The van der Waals surface area contributed by atoms with Crippen molar-refractivity contribution >= 4 is 11.3 Å². The van der Waals surface area contributed by atoms with Gasteiger partial charge in [0.15, 0.2) is 5.82 Å². The zero-order valence-corrected chi connectivity index (χ0v) is 11.3. The van der Waals surface area contributed by atoms with Crippen LogP contribution < -0.4 is 10.1 Å². The number of aromatic nitrogens is 3. The van der Waals surface area contributed by atoms with E-state index in [9.17, 15) is 0 Å². The first-order valence-corrected chi connectivity index (χ1v) is 6.54. The van der Waals surface area contributed by atoms with Gasteiger partial charge in [0.1, 0.15) is 17.9 Å². The molecule has 102 valence electrons. The third-order valence-electron chi connectivity index (χ3n) is 2.98. The second-order valence-corrected chi connectivity index (χ2v) is 4.53. The number of rotatable bonds is 5. The average molecular weight is 268 g/mol. The van der Waals surface area contributed by atoms with Crippen LogP contribution in [0.2, 0.25) is 0 Å². The van der Waals surface area contributed by atoms with Crippen LogP contribution in [0, 0.1) is 6.92 Å². The monoisotopic (exact) mass is 268 g/mol. The predicted octanol–water partition coefficient (Wildman–Crippen LogP) is 2.53. The number of nitrogens with one attached hydrogen (secondary N) is 1. The highest BCUT2D eigenvalue weighted by molar-refractivity contribution is 5.66. The number of nitrogens with zero attached hydrogens (tertiary/aromatic N) is 3. The van der Waals surface area contributed by atoms with E-state index >= 15 is 0 Å². The summed E-state index contributed by atoms with van der Waals surface area (Å²) in [4.78, 5) is 4.31. The molecule has 0 fully saturated rings. The SMILES string of the molecule is Cc1cccc(OCCNc2nccn3nccc23)c1. The summed E-state index contributed by atoms with van der Waals surface area (Å²) in [5, 5.41) is 7.43. The highest BCUT2D eigenvalue weighted by Crippen LogP contribution is 2.13. The third kappa shape index (κ3) is 2.71. The summed E-state index contributed by atoms with van der Waals surface area (Å²) in [6.45, 7) is 3.32. The number of hydrogen-bond donors (Lipinski definition) is 1. The molecule has 1 aromatic carbocycles. The van der Waals surface area contributed by atoms with Crippen molar-refractivity contribution in [2.45, 2.75) is 6.92 Å². The molecule has 2 aromatic heterocycles. The molecular formula is C15H16N4O. The quantitative estimate of drug-likeness (QED) is 0.722. The van der Waals surface area contributed by atoms with E-state index in [0.29, 0.717) is 13.2 Å². The van der Waals surface area contributed by atoms with Crippen LogP contribution in [0.3, 0.4) is 0 Å². The minimum absolute atomic E-state index is 0.584. The molecule has 3 rings (SSSR count). The molecule has 0 aliphatic heterocycles. The van der Waals surface area contributed by atoms with E-state index in [0.717, 1.165) is 17.1 Å². The number of anilines is 1. The molecule has 5 nitrogen and oxygen atoms in total. The molecule has 20 heavy (non-hydrogen) atoms. The van der Waals surface area contributed by atoms with Gasteiger partial charge in [0.2, 0.25) is 0 Å². The second kappa shape index (κ2) is 5.61. The molecule has 0 saturated carbocycles. The van der Waals surface area contributed by atoms with Crippen LogP contribution in [0.15, 0.2) is 48.9 Å². The Kier molecular flexibility index (Phi) is 3.50. The Bertz CT molecular complexity index is 708. The smallest absolute Gasteiger partial charge is 0.152 e. The van der Waals surface area contributed by atoms with E-state index in [1.165, 1.54) is 5.56 Å². The second-order valence-electron chi connectivity index (χ2n) is 4.53. The molecule has 0 radical (unpaired) electrons. The van der Waals surface area contributed by atoms with E-state index < -0.39 is 0 Å². The first-order chi connectivity index (χ1) is 9.83. The molecule has 0 amide bonds. The third-order valence-corrected chi connectivity index (χ3v) is 2.98. The fraction of sp³-hybridized carbons (Fsp3) is 0.200. The Morgan fingerprint density at radius 3 is 3.10 bits per heavy atom. The largest absolute Gasteiger partial charge is 0.492 e. The maximum Gasteiger partial charge on any atom is 0.152 e. The lowest BCUT2D eigenvalue weighted by atomic mass is 10.2. The van der Waals surface area contributed by atoms with E-state index in [-0.39, 0.29) is 0 Å². The van der Waals surface area contributed by atoms with Gasteiger partial charge in [-0.15, -0.1) is 0 Å². The number of hydrogen-bond acceptors (Lipinski definition) is 4. The van der Waals surface area contributed by atoms with Crippen molar-refractivity contribution in [3.8, 4) is 5.75 Å². The maximum absolute atomic E-state index is 5.69. The van der Waals surface area contributed by atoms with Crippen molar-refractivity contribution in [3.63, 3.8) is 0 Å². The first kappa shape index (κ1) is 12.5. The van der Waals surface area contributed by atoms with Crippen LogP contribution in [-0.2, 0) is 0 Å². The van der Waals surface area contributed by atoms with Crippen molar-refractivity contribution in [2.75, 3.05) is 18.5 Å². The summed E-state index contributed by atoms with van der Waals surface area (Å²) in [5.41, 5.74) is 2.16. The molecule has 0 spiro atoms. The van der Waals surface area contributed by atoms with Gasteiger partial charge >= 0.3 is 0 Å². The van der Waals surface area contributed by atoms with E-state index in [2.05, 4.69) is 28.4 Å². The summed E-state index contributed by atoms with van der Waals surface area (Å²) in [6.07, 6.45) is 5.30. The molecule has 2 heterocycles. The van der Waals surface area contributed by atoms with Gasteiger partial charge < -0.3 is 10.1 Å². The molecule has 0 bridgehead atoms. The van der Waals surface area contributed by atoms with Crippen LogP contribution in [0.1, 0.15) is 5.56 Å². The van der Waals surface area contributed by atoms with Crippen LogP contribution in [0.25, 0.3) is 5.52 Å². The Morgan fingerprint density at radius 1 is 1.25 bits per heavy atom. The Labute approximate surface area is 117 Å². The topological polar surface area (TPSA) is 51.5 Å². The number of fused-ring (bicyclic) bond motifs is 1. The van der Waals surface area contributed by atoms with E-state index in [4.69, 9.17) is 4.74 Å². The Hall–Kier alpha value is -2.56. The summed E-state index contributed by atoms with van der Waals surface area (Å²) in [7, 11) is 0. The molecule has 0 aliphatic carbocycles. The minimum atomic E-state index is 0.584. The van der Waals surface area contributed by atoms with Gasteiger partial charge in [-0.05, 0) is 30.7 Å². The zero-order valence-electron chi connectivity index (χ0n) is 11.3. The van der Waals surface area contributed by atoms with Gasteiger partial charge in [0, 0.05) is 12.4 Å². The molecule has 3 aromatic rings. The lowest BCUT2D eigenvalue weighted by molar-refractivity contribution is 0.332. The van der Waals surface area contributed by atoms with Crippen molar-refractivity contribution in [1.82, 2.24) is 14.6 Å². The molecule has 1 N–H and O–H groups in total. The highest BCUT2D eigenvalue weighted by atomic mass is 16.5. The van der Waals surface area contributed by atoms with E-state index in [1.807, 2.05) is 30.5 Å². The Balaban J connectivity index is 1.56. The number of ether oxygens (including phenoxy) is 1. The average Bonchev–Trinajstić information content (AvgIpc) is 2.93. The van der Waals surface area contributed by atoms with Gasteiger partial charge in [0.25, 0.3) is 0 Å². The molecule has 0 atom stereocenters. The van der Waals surface area contributed by atoms with Gasteiger partial charge in [-0.3, -0.25) is 0 Å². The van der Waals surface area contributed by atoms with Crippen molar-refractivity contribution in [2.24, 2.45) is 0 Å². The normalized spacial score (nSPS) is 10.7. The van der Waals surface area contributed by atoms with Crippen molar-refractivity contribution < 1.29 is 4.74 Å². The summed E-state index contributed by atoms with van der Waals surface area (Å²) in [6, 6.07) is 9.96. The minimum Gasteiger partial charge on any atom is -0.492 e. The summed E-state index contributed by atoms with van der Waals surface area (Å²) in [5.74, 6) is 1.71. The van der Waals surface area contributed by atoms with Crippen LogP contribution in [-0.4, -0.2) is 27.7 Å². The Morgan fingerprint density at radius 2 is 2.20 bits per heavy atom. The zero-order chi connectivity index (χ0) is 13.8. The standard InChI is InChI=1S/C15H16N4O/c1-12-3-2-4-13(11-12)20-10-8-17-15-14-5-6-18-19(14)9-7-16-15/h2-7,9,11H,8,10H2,1H3,(H,16,17). The first-order valence-electron chi connectivity index (χ1n) is 6.54. The summed E-state index contributed by atoms with van der Waals surface area (Å²) >= 11 is 0.